The molecule has 0 amide bonds. The van der Waals surface area contributed by atoms with E-state index in [1.807, 2.05) is 31.2 Å². The molecular formula is C15H13F3N2S. The molecule has 0 saturated heterocycles. The van der Waals surface area contributed by atoms with E-state index in [0.29, 0.717) is 5.69 Å². The molecule has 0 aliphatic rings. The Morgan fingerprint density at radius 3 is 2.33 bits per heavy atom. The zero-order valence-corrected chi connectivity index (χ0v) is 12.0. The van der Waals surface area contributed by atoms with Crippen molar-refractivity contribution < 1.29 is 13.2 Å². The maximum absolute atomic E-state index is 12.9. The molecule has 0 heterocycles. The van der Waals surface area contributed by atoms with Crippen LogP contribution in [0, 0.1) is 6.92 Å². The van der Waals surface area contributed by atoms with Crippen LogP contribution in [0.2, 0.25) is 0 Å². The van der Waals surface area contributed by atoms with E-state index in [9.17, 15) is 13.2 Å². The van der Waals surface area contributed by atoms with Crippen molar-refractivity contribution in [3.05, 3.63) is 59.2 Å². The lowest BCUT2D eigenvalue weighted by Crippen LogP contribution is -2.18. The highest BCUT2D eigenvalue weighted by Crippen LogP contribution is 2.33. The van der Waals surface area contributed by atoms with E-state index in [1.54, 1.807) is 0 Å². The molecule has 2 rings (SSSR count). The van der Waals surface area contributed by atoms with E-state index in [0.717, 1.165) is 17.3 Å². The Labute approximate surface area is 125 Å². The molecule has 0 aliphatic carbocycles. The zero-order valence-electron chi connectivity index (χ0n) is 11.2. The molecule has 110 valence electrons. The molecule has 0 aliphatic heterocycles. The molecule has 2 aromatic carbocycles. The zero-order chi connectivity index (χ0) is 15.6. The number of benzene rings is 2. The number of hydrogen-bond acceptors (Lipinski definition) is 2. The highest BCUT2D eigenvalue weighted by atomic mass is 32.1. The number of hydrogen-bond donors (Lipinski definition) is 2. The summed E-state index contributed by atoms with van der Waals surface area (Å²) in [6.07, 6.45) is -4.49. The fourth-order valence-corrected chi connectivity index (χ4v) is 2.13. The summed E-state index contributed by atoms with van der Waals surface area (Å²) in [6, 6.07) is 11.1. The molecule has 21 heavy (non-hydrogen) atoms. The normalized spacial score (nSPS) is 11.2. The fourth-order valence-electron chi connectivity index (χ4n) is 1.96. The second kappa shape index (κ2) is 5.73. The maximum atomic E-state index is 12.9. The number of alkyl halides is 3. The summed E-state index contributed by atoms with van der Waals surface area (Å²) >= 11 is 4.71. The third kappa shape index (κ3) is 3.72. The van der Waals surface area contributed by atoms with Crippen LogP contribution >= 0.6 is 12.2 Å². The van der Waals surface area contributed by atoms with Gasteiger partial charge in [0, 0.05) is 16.9 Å². The van der Waals surface area contributed by atoms with Crippen LogP contribution in [-0.4, -0.2) is 4.99 Å². The van der Waals surface area contributed by atoms with E-state index >= 15 is 0 Å². The molecule has 0 fully saturated rings. The number of anilines is 2. The molecule has 2 aromatic rings. The molecule has 0 unspecified atom stereocenters. The summed E-state index contributed by atoms with van der Waals surface area (Å²) in [4.78, 5) is -0.282. The lowest BCUT2D eigenvalue weighted by Gasteiger charge is -2.14. The van der Waals surface area contributed by atoms with Crippen LogP contribution in [0.5, 0.6) is 0 Å². The van der Waals surface area contributed by atoms with Crippen molar-refractivity contribution in [3.8, 4) is 0 Å². The van der Waals surface area contributed by atoms with Gasteiger partial charge in [-0.2, -0.15) is 13.2 Å². The first-order valence-corrected chi connectivity index (χ1v) is 6.53. The Morgan fingerprint density at radius 2 is 1.76 bits per heavy atom. The smallest absolute Gasteiger partial charge is 0.389 e. The largest absolute Gasteiger partial charge is 0.417 e. The minimum absolute atomic E-state index is 0.185. The molecular weight excluding hydrogens is 297 g/mol. The summed E-state index contributed by atoms with van der Waals surface area (Å²) in [5.41, 5.74) is 6.71. The van der Waals surface area contributed by atoms with Crippen LogP contribution < -0.4 is 11.1 Å². The van der Waals surface area contributed by atoms with Crippen molar-refractivity contribution in [1.82, 2.24) is 0 Å². The first-order valence-electron chi connectivity index (χ1n) is 6.12. The molecule has 0 atom stereocenters. The van der Waals surface area contributed by atoms with Crippen LogP contribution in [0.25, 0.3) is 0 Å². The van der Waals surface area contributed by atoms with Gasteiger partial charge in [-0.1, -0.05) is 24.4 Å². The van der Waals surface area contributed by atoms with Gasteiger partial charge < -0.3 is 11.1 Å². The number of nitrogens with two attached hydrogens (primary N) is 1. The summed E-state index contributed by atoms with van der Waals surface area (Å²) in [5, 5.41) is 3.04. The minimum Gasteiger partial charge on any atom is -0.389 e. The predicted molar refractivity (Wildman–Crippen MR) is 81.8 cm³/mol. The third-order valence-electron chi connectivity index (χ3n) is 2.90. The van der Waals surface area contributed by atoms with E-state index in [2.05, 4.69) is 5.32 Å². The highest BCUT2D eigenvalue weighted by molar-refractivity contribution is 7.80. The van der Waals surface area contributed by atoms with E-state index in [-0.39, 0.29) is 10.6 Å². The lowest BCUT2D eigenvalue weighted by atomic mass is 10.1. The van der Waals surface area contributed by atoms with Gasteiger partial charge in [0.2, 0.25) is 0 Å². The summed E-state index contributed by atoms with van der Waals surface area (Å²) < 4.78 is 38.7. The van der Waals surface area contributed by atoms with Crippen molar-refractivity contribution in [1.29, 1.82) is 0 Å². The van der Waals surface area contributed by atoms with Gasteiger partial charge in [-0.05, 0) is 42.8 Å². The van der Waals surface area contributed by atoms with Crippen LogP contribution in [0.4, 0.5) is 24.5 Å². The van der Waals surface area contributed by atoms with E-state index in [1.165, 1.54) is 12.1 Å². The van der Waals surface area contributed by atoms with E-state index < -0.39 is 11.7 Å². The average Bonchev–Trinajstić information content (AvgIpc) is 2.37. The van der Waals surface area contributed by atoms with Gasteiger partial charge in [0.05, 0.1) is 5.56 Å². The topological polar surface area (TPSA) is 38.0 Å². The predicted octanol–water partition coefficient (Wildman–Crippen LogP) is 4.39. The number of rotatable bonds is 3. The van der Waals surface area contributed by atoms with Crippen LogP contribution in [0.1, 0.15) is 16.7 Å². The summed E-state index contributed by atoms with van der Waals surface area (Å²) in [7, 11) is 0. The van der Waals surface area contributed by atoms with Gasteiger partial charge >= 0.3 is 6.18 Å². The van der Waals surface area contributed by atoms with E-state index in [4.69, 9.17) is 18.0 Å². The first kappa shape index (κ1) is 15.3. The fraction of sp³-hybridized carbons (Fsp3) is 0.133. The molecule has 6 heteroatoms. The average molecular weight is 310 g/mol. The highest BCUT2D eigenvalue weighted by Gasteiger charge is 2.34. The second-order valence-corrected chi connectivity index (χ2v) is 5.06. The van der Waals surface area contributed by atoms with Crippen molar-refractivity contribution in [3.63, 3.8) is 0 Å². The maximum Gasteiger partial charge on any atom is 0.417 e. The molecule has 3 N–H and O–H groups in total. The first-order chi connectivity index (χ1) is 9.77. The molecule has 0 saturated carbocycles. The Bertz CT molecular complexity index is 681. The molecule has 0 spiro atoms. The van der Waals surface area contributed by atoms with Gasteiger partial charge in [0.25, 0.3) is 0 Å². The quantitative estimate of drug-likeness (QED) is 0.826. The Kier molecular flexibility index (Phi) is 4.18. The van der Waals surface area contributed by atoms with Crippen molar-refractivity contribution in [2.24, 2.45) is 5.73 Å². The third-order valence-corrected chi connectivity index (χ3v) is 3.12. The van der Waals surface area contributed by atoms with Gasteiger partial charge in [0.15, 0.2) is 0 Å². The second-order valence-electron chi connectivity index (χ2n) is 4.62. The SMILES string of the molecule is Cc1cccc(Nc2ccc(C(F)(F)F)c(C(N)=S)c2)c1. The number of thiocarbonyl (C=S) groups is 1. The summed E-state index contributed by atoms with van der Waals surface area (Å²) in [6.45, 7) is 1.93. The van der Waals surface area contributed by atoms with Crippen molar-refractivity contribution in [2.45, 2.75) is 13.1 Å². The number of halogens is 3. The molecule has 0 bridgehead atoms. The van der Waals surface area contributed by atoms with Gasteiger partial charge in [-0.3, -0.25) is 0 Å². The minimum atomic E-state index is -4.49. The molecule has 0 radical (unpaired) electrons. The lowest BCUT2D eigenvalue weighted by molar-refractivity contribution is -0.137. The number of aryl methyl sites for hydroxylation is 1. The molecule has 0 aromatic heterocycles. The Morgan fingerprint density at radius 1 is 1.10 bits per heavy atom. The Balaban J connectivity index is 2.39. The van der Waals surface area contributed by atoms with Gasteiger partial charge in [-0.15, -0.1) is 0 Å². The summed E-state index contributed by atoms with van der Waals surface area (Å²) in [5.74, 6) is 0. The Hall–Kier alpha value is -2.08. The van der Waals surface area contributed by atoms with Crippen LogP contribution in [0.15, 0.2) is 42.5 Å². The van der Waals surface area contributed by atoms with Crippen molar-refractivity contribution >= 4 is 28.6 Å². The van der Waals surface area contributed by atoms with Crippen LogP contribution in [0.3, 0.4) is 0 Å². The van der Waals surface area contributed by atoms with Gasteiger partial charge in [0.1, 0.15) is 4.99 Å². The van der Waals surface area contributed by atoms with Gasteiger partial charge in [-0.25, -0.2) is 0 Å². The molecule has 2 nitrogen and oxygen atoms in total. The van der Waals surface area contributed by atoms with Crippen LogP contribution in [-0.2, 0) is 6.18 Å². The standard InChI is InChI=1S/C15H13F3N2S/c1-9-3-2-4-10(7-9)20-11-5-6-13(15(16,17)18)12(8-11)14(19)21/h2-8,20H,1H3,(H2,19,21). The number of nitrogens with one attached hydrogen (secondary N) is 1. The van der Waals surface area contributed by atoms with Crippen molar-refractivity contribution in [2.75, 3.05) is 5.32 Å². The monoisotopic (exact) mass is 310 g/mol.